The quantitative estimate of drug-likeness (QED) is 0.620. The van der Waals surface area contributed by atoms with Crippen molar-refractivity contribution >= 4 is 35.2 Å². The highest BCUT2D eigenvalue weighted by Gasteiger charge is 2.35. The highest BCUT2D eigenvalue weighted by atomic mass is 35.5. The maximum atomic E-state index is 13.1. The molecule has 0 bridgehead atoms. The SMILES string of the molecule is Nn1c(SC2CCCCN(C(=O)c3ccc(Cl)cc3)C2=O)nnc1C1CC1. The molecule has 0 spiro atoms. The van der Waals surface area contributed by atoms with Crippen molar-refractivity contribution in [3.8, 4) is 0 Å². The van der Waals surface area contributed by atoms with Crippen molar-refractivity contribution in [2.45, 2.75) is 48.4 Å². The Morgan fingerprint density at radius 1 is 1.15 bits per heavy atom. The van der Waals surface area contributed by atoms with E-state index in [2.05, 4.69) is 10.2 Å². The van der Waals surface area contributed by atoms with Crippen molar-refractivity contribution in [2.75, 3.05) is 12.4 Å². The number of benzene rings is 1. The molecule has 2 N–H and O–H groups in total. The summed E-state index contributed by atoms with van der Waals surface area (Å²) >= 11 is 7.19. The summed E-state index contributed by atoms with van der Waals surface area (Å²) in [5.74, 6) is 6.77. The van der Waals surface area contributed by atoms with E-state index >= 15 is 0 Å². The number of hydrogen-bond acceptors (Lipinski definition) is 6. The Kier molecular flexibility index (Phi) is 5.10. The van der Waals surface area contributed by atoms with Crippen molar-refractivity contribution in [3.05, 3.63) is 40.7 Å². The molecule has 1 saturated carbocycles. The van der Waals surface area contributed by atoms with Gasteiger partial charge < -0.3 is 5.84 Å². The van der Waals surface area contributed by atoms with Gasteiger partial charge in [0.25, 0.3) is 5.91 Å². The molecule has 27 heavy (non-hydrogen) atoms. The molecular weight excluding hydrogens is 386 g/mol. The number of imide groups is 1. The summed E-state index contributed by atoms with van der Waals surface area (Å²) in [5.41, 5.74) is 0.455. The number of carbonyl (C=O) groups is 2. The Morgan fingerprint density at radius 3 is 2.59 bits per heavy atom. The van der Waals surface area contributed by atoms with Crippen LogP contribution in [-0.4, -0.2) is 43.4 Å². The predicted octanol–water partition coefficient (Wildman–Crippen LogP) is 2.84. The fourth-order valence-corrected chi connectivity index (χ4v) is 4.37. The Labute approximate surface area is 166 Å². The zero-order chi connectivity index (χ0) is 19.0. The van der Waals surface area contributed by atoms with E-state index in [1.807, 2.05) is 0 Å². The molecule has 4 rings (SSSR count). The summed E-state index contributed by atoms with van der Waals surface area (Å²) in [5, 5.41) is 8.99. The van der Waals surface area contributed by atoms with Crippen LogP contribution in [0.2, 0.25) is 5.02 Å². The second-order valence-corrected chi connectivity index (χ2v) is 8.50. The van der Waals surface area contributed by atoms with E-state index in [1.54, 1.807) is 24.3 Å². The first kappa shape index (κ1) is 18.3. The monoisotopic (exact) mass is 405 g/mol. The molecule has 142 valence electrons. The van der Waals surface area contributed by atoms with Crippen molar-refractivity contribution in [2.24, 2.45) is 0 Å². The molecule has 9 heteroatoms. The van der Waals surface area contributed by atoms with Gasteiger partial charge in [-0.05, 0) is 49.9 Å². The summed E-state index contributed by atoms with van der Waals surface area (Å²) < 4.78 is 1.49. The van der Waals surface area contributed by atoms with Crippen LogP contribution in [0.15, 0.2) is 29.4 Å². The topological polar surface area (TPSA) is 94.1 Å². The van der Waals surface area contributed by atoms with E-state index in [0.29, 0.717) is 34.6 Å². The molecule has 2 fully saturated rings. The molecule has 1 aliphatic carbocycles. The maximum absolute atomic E-state index is 13.1. The number of nitrogen functional groups attached to an aromatic ring is 1. The number of nitrogens with zero attached hydrogens (tertiary/aromatic N) is 4. The molecular formula is C18H20ClN5O2S. The molecule has 2 amide bonds. The van der Waals surface area contributed by atoms with Crippen LogP contribution in [0, 0.1) is 0 Å². The molecule has 7 nitrogen and oxygen atoms in total. The van der Waals surface area contributed by atoms with Gasteiger partial charge in [-0.2, -0.15) is 0 Å². The van der Waals surface area contributed by atoms with Gasteiger partial charge >= 0.3 is 0 Å². The van der Waals surface area contributed by atoms with Crippen molar-refractivity contribution in [1.29, 1.82) is 0 Å². The molecule has 0 radical (unpaired) electrons. The van der Waals surface area contributed by atoms with Crippen LogP contribution in [0.3, 0.4) is 0 Å². The lowest BCUT2D eigenvalue weighted by atomic mass is 10.2. The Hall–Kier alpha value is -2.06. The highest BCUT2D eigenvalue weighted by molar-refractivity contribution is 8.00. The van der Waals surface area contributed by atoms with Gasteiger partial charge in [0.2, 0.25) is 11.1 Å². The molecule has 1 unspecified atom stereocenters. The summed E-state index contributed by atoms with van der Waals surface area (Å²) in [7, 11) is 0. The predicted molar refractivity (Wildman–Crippen MR) is 103 cm³/mol. The van der Waals surface area contributed by atoms with Crippen LogP contribution in [-0.2, 0) is 4.79 Å². The molecule has 1 atom stereocenters. The van der Waals surface area contributed by atoms with Crippen molar-refractivity contribution in [3.63, 3.8) is 0 Å². The first-order valence-corrected chi connectivity index (χ1v) is 10.3. The van der Waals surface area contributed by atoms with Gasteiger partial charge in [-0.15, -0.1) is 10.2 Å². The van der Waals surface area contributed by atoms with Crippen molar-refractivity contribution in [1.82, 2.24) is 19.8 Å². The lowest BCUT2D eigenvalue weighted by Crippen LogP contribution is -2.41. The standard InChI is InChI=1S/C18H20ClN5O2S/c19-13-8-6-12(7-9-13)16(25)23-10-2-1-3-14(17(23)26)27-18-22-21-15(24(18)20)11-4-5-11/h6-9,11,14H,1-5,10,20H2. The minimum absolute atomic E-state index is 0.201. The molecule has 2 aliphatic rings. The molecule has 1 aromatic carbocycles. The second-order valence-electron chi connectivity index (χ2n) is 6.89. The van der Waals surface area contributed by atoms with Gasteiger partial charge in [0.05, 0.1) is 5.25 Å². The third kappa shape index (κ3) is 3.82. The normalized spacial score (nSPS) is 20.6. The number of thioether (sulfide) groups is 1. The van der Waals surface area contributed by atoms with Crippen LogP contribution in [0.25, 0.3) is 0 Å². The fraction of sp³-hybridized carbons (Fsp3) is 0.444. The van der Waals surface area contributed by atoms with Gasteiger partial charge in [-0.1, -0.05) is 29.8 Å². The van der Waals surface area contributed by atoms with E-state index in [-0.39, 0.29) is 11.8 Å². The van der Waals surface area contributed by atoms with Crippen LogP contribution >= 0.6 is 23.4 Å². The molecule has 2 aromatic rings. The van der Waals surface area contributed by atoms with E-state index in [0.717, 1.165) is 31.5 Å². The van der Waals surface area contributed by atoms with E-state index in [9.17, 15) is 9.59 Å². The van der Waals surface area contributed by atoms with Crippen LogP contribution in [0.1, 0.15) is 54.2 Å². The highest BCUT2D eigenvalue weighted by Crippen LogP contribution is 2.40. The number of hydrogen-bond donors (Lipinski definition) is 1. The van der Waals surface area contributed by atoms with Gasteiger partial charge in [-0.3, -0.25) is 14.5 Å². The molecule has 2 heterocycles. The zero-order valence-corrected chi connectivity index (χ0v) is 16.2. The van der Waals surface area contributed by atoms with E-state index in [1.165, 1.54) is 21.3 Å². The lowest BCUT2D eigenvalue weighted by Gasteiger charge is -2.22. The largest absolute Gasteiger partial charge is 0.336 e. The molecule has 1 aromatic heterocycles. The number of nitrogens with two attached hydrogens (primary N) is 1. The smallest absolute Gasteiger partial charge is 0.260 e. The summed E-state index contributed by atoms with van der Waals surface area (Å²) in [6, 6.07) is 6.59. The second kappa shape index (κ2) is 7.52. The van der Waals surface area contributed by atoms with Crippen LogP contribution in [0.5, 0.6) is 0 Å². The van der Waals surface area contributed by atoms with E-state index in [4.69, 9.17) is 17.4 Å². The molecule has 1 saturated heterocycles. The zero-order valence-electron chi connectivity index (χ0n) is 14.7. The number of halogens is 1. The minimum Gasteiger partial charge on any atom is -0.336 e. The average molecular weight is 406 g/mol. The number of rotatable bonds is 4. The third-order valence-electron chi connectivity index (χ3n) is 4.86. The van der Waals surface area contributed by atoms with Gasteiger partial charge in [-0.25, -0.2) is 4.68 Å². The number of amides is 2. The fourth-order valence-electron chi connectivity index (χ4n) is 3.18. The van der Waals surface area contributed by atoms with Gasteiger partial charge in [0, 0.05) is 23.0 Å². The number of likely N-dealkylation sites (tertiary alicyclic amines) is 1. The van der Waals surface area contributed by atoms with Crippen LogP contribution < -0.4 is 5.84 Å². The molecule has 1 aliphatic heterocycles. The summed E-state index contributed by atoms with van der Waals surface area (Å²) in [6.45, 7) is 0.417. The van der Waals surface area contributed by atoms with Gasteiger partial charge in [0.1, 0.15) is 0 Å². The number of aromatic nitrogens is 3. The Balaban J connectivity index is 1.52. The van der Waals surface area contributed by atoms with E-state index < -0.39 is 5.25 Å². The Morgan fingerprint density at radius 2 is 1.89 bits per heavy atom. The third-order valence-corrected chi connectivity index (χ3v) is 6.32. The van der Waals surface area contributed by atoms with Crippen LogP contribution in [0.4, 0.5) is 0 Å². The lowest BCUT2D eigenvalue weighted by molar-refractivity contribution is -0.127. The number of carbonyl (C=O) groups excluding carboxylic acids is 2. The summed E-state index contributed by atoms with van der Waals surface area (Å²) in [6.07, 6.45) is 4.48. The average Bonchev–Trinajstić information content (AvgIpc) is 3.46. The maximum Gasteiger partial charge on any atom is 0.260 e. The minimum atomic E-state index is -0.401. The van der Waals surface area contributed by atoms with Gasteiger partial charge in [0.15, 0.2) is 5.82 Å². The summed E-state index contributed by atoms with van der Waals surface area (Å²) in [4.78, 5) is 27.2. The first-order valence-electron chi connectivity index (χ1n) is 9.03. The Bertz CT molecular complexity index is 865. The first-order chi connectivity index (χ1) is 13.0. The van der Waals surface area contributed by atoms with Crippen molar-refractivity contribution < 1.29 is 9.59 Å².